The molecular formula is C45H82N6O5. The number of nitrogens with one attached hydrogen (secondary N) is 2. The Bertz CT molecular complexity index is 1190. The Hall–Kier alpha value is -1.60. The highest BCUT2D eigenvalue weighted by Crippen LogP contribution is 2.50. The van der Waals surface area contributed by atoms with Crippen molar-refractivity contribution in [3.63, 3.8) is 0 Å². The molecule has 322 valence electrons. The molecule has 5 rings (SSSR count). The monoisotopic (exact) mass is 787 g/mol. The van der Waals surface area contributed by atoms with Gasteiger partial charge in [-0.3, -0.25) is 25.1 Å². The van der Waals surface area contributed by atoms with Gasteiger partial charge in [-0.15, -0.1) is 0 Å². The molecule has 56 heavy (non-hydrogen) atoms. The van der Waals surface area contributed by atoms with Crippen LogP contribution in [0.25, 0.3) is 0 Å². The summed E-state index contributed by atoms with van der Waals surface area (Å²) in [6, 6.07) is 0.497. The molecule has 0 saturated carbocycles. The van der Waals surface area contributed by atoms with Gasteiger partial charge < -0.3 is 30.6 Å². The highest BCUT2D eigenvalue weighted by atomic mass is 16.6. The molecular weight excluding hydrogens is 705 g/mol. The van der Waals surface area contributed by atoms with E-state index < -0.39 is 5.72 Å². The van der Waals surface area contributed by atoms with E-state index in [4.69, 9.17) is 25.7 Å². The van der Waals surface area contributed by atoms with Gasteiger partial charge in [0.15, 0.2) is 0 Å². The average Bonchev–Trinajstić information content (AvgIpc) is 3.78. The Morgan fingerprint density at radius 3 is 2.16 bits per heavy atom. The number of allylic oxidation sites excluding steroid dienone is 1. The third kappa shape index (κ3) is 12.9. The lowest BCUT2D eigenvalue weighted by Gasteiger charge is -2.60. The smallest absolute Gasteiger partial charge is 0.314 e. The standard InChI is InChI=1S/C45H82N6O5/c1-3-4-23-38-27-29-44(56-38)35-37-25-26-39-41(45(28-20-22-36(2)55-45)49-43(48-44)51(37)39)42(53)54-34-19-15-13-11-9-7-5-6-8-10-12-14-16-24-40(52)50(33-21-31-47)32-18-17-30-46/h4,23,36-39,41,43,48-49H,3,5-22,24-35,46-47H2,1-2H3/b23-4+/t36-,37+,38+,39-,41-,43?,44+,45-/m0/s1. The first-order valence-corrected chi connectivity index (χ1v) is 23.5. The second kappa shape index (κ2) is 23.9. The lowest BCUT2D eigenvalue weighted by atomic mass is 9.79. The molecule has 5 aliphatic rings. The fraction of sp³-hybridized carbons (Fsp3) is 0.911. The summed E-state index contributed by atoms with van der Waals surface area (Å²) < 4.78 is 19.6. The molecule has 11 heteroatoms. The molecule has 0 radical (unpaired) electrons. The normalized spacial score (nSPS) is 31.4. The first-order chi connectivity index (χ1) is 27.3. The number of rotatable bonds is 26. The molecule has 1 amide bonds. The zero-order valence-electron chi connectivity index (χ0n) is 35.6. The molecule has 5 saturated heterocycles. The molecule has 5 heterocycles. The van der Waals surface area contributed by atoms with Crippen LogP contribution in [0.2, 0.25) is 0 Å². The van der Waals surface area contributed by atoms with Gasteiger partial charge in [-0.2, -0.15) is 0 Å². The highest BCUT2D eigenvalue weighted by molar-refractivity contribution is 5.76. The average molecular weight is 787 g/mol. The number of unbranched alkanes of at least 4 members (excludes halogenated alkanes) is 13. The molecule has 1 unspecified atom stereocenters. The molecule has 0 aromatic rings. The summed E-state index contributed by atoms with van der Waals surface area (Å²) in [6.45, 7) is 7.72. The molecule has 11 nitrogen and oxygen atoms in total. The fourth-order valence-electron chi connectivity index (χ4n) is 10.5. The van der Waals surface area contributed by atoms with Crippen molar-refractivity contribution in [3.8, 4) is 0 Å². The van der Waals surface area contributed by atoms with Crippen molar-refractivity contribution in [3.05, 3.63) is 12.2 Å². The molecule has 5 aliphatic heterocycles. The zero-order valence-corrected chi connectivity index (χ0v) is 35.6. The lowest BCUT2D eigenvalue weighted by Crippen LogP contribution is -2.81. The van der Waals surface area contributed by atoms with E-state index in [2.05, 4.69) is 41.5 Å². The summed E-state index contributed by atoms with van der Waals surface area (Å²) in [4.78, 5) is 31.3. The molecule has 0 aliphatic carbocycles. The third-order valence-electron chi connectivity index (χ3n) is 13.4. The zero-order chi connectivity index (χ0) is 39.6. The molecule has 6 N–H and O–H groups in total. The van der Waals surface area contributed by atoms with Crippen LogP contribution < -0.4 is 22.1 Å². The largest absolute Gasteiger partial charge is 0.465 e. The number of amides is 1. The van der Waals surface area contributed by atoms with Crippen molar-refractivity contribution in [1.29, 1.82) is 0 Å². The number of hydrogen-bond acceptors (Lipinski definition) is 10. The van der Waals surface area contributed by atoms with Gasteiger partial charge in [-0.1, -0.05) is 89.7 Å². The first-order valence-electron chi connectivity index (χ1n) is 23.5. The molecule has 0 aromatic carbocycles. The van der Waals surface area contributed by atoms with E-state index in [1.807, 2.05) is 4.90 Å². The summed E-state index contributed by atoms with van der Waals surface area (Å²) in [5.41, 5.74) is 10.3. The number of carbonyl (C=O) groups is 2. The van der Waals surface area contributed by atoms with Gasteiger partial charge in [0.05, 0.1) is 18.8 Å². The van der Waals surface area contributed by atoms with Gasteiger partial charge in [0.2, 0.25) is 5.91 Å². The maximum absolute atomic E-state index is 14.0. The third-order valence-corrected chi connectivity index (χ3v) is 13.4. The Kier molecular flexibility index (Phi) is 19.4. The van der Waals surface area contributed by atoms with Crippen LogP contribution in [0.3, 0.4) is 0 Å². The quantitative estimate of drug-likeness (QED) is 0.0399. The van der Waals surface area contributed by atoms with Crippen LogP contribution in [-0.2, 0) is 23.8 Å². The summed E-state index contributed by atoms with van der Waals surface area (Å²) in [7, 11) is 0. The summed E-state index contributed by atoms with van der Waals surface area (Å²) in [6.07, 6.45) is 32.8. The van der Waals surface area contributed by atoms with Crippen molar-refractivity contribution in [2.45, 2.75) is 223 Å². The van der Waals surface area contributed by atoms with E-state index in [0.29, 0.717) is 32.2 Å². The van der Waals surface area contributed by atoms with Gasteiger partial charge in [-0.25, -0.2) is 0 Å². The van der Waals surface area contributed by atoms with Crippen molar-refractivity contribution in [2.75, 3.05) is 32.8 Å². The van der Waals surface area contributed by atoms with E-state index in [-0.39, 0.29) is 48.1 Å². The van der Waals surface area contributed by atoms with Crippen molar-refractivity contribution < 1.29 is 23.8 Å². The Labute approximate surface area is 340 Å². The predicted octanol–water partition coefficient (Wildman–Crippen LogP) is 7.36. The minimum absolute atomic E-state index is 0.0708. The Balaban J connectivity index is 0.927. The maximum atomic E-state index is 14.0. The van der Waals surface area contributed by atoms with Crippen molar-refractivity contribution in [1.82, 2.24) is 20.4 Å². The van der Waals surface area contributed by atoms with Crippen LogP contribution in [-0.4, -0.2) is 96.5 Å². The van der Waals surface area contributed by atoms with Crippen LogP contribution in [0, 0.1) is 5.92 Å². The molecule has 2 spiro atoms. The summed E-state index contributed by atoms with van der Waals surface area (Å²) in [5, 5.41) is 7.80. The number of nitrogens with two attached hydrogens (primary N) is 2. The second-order valence-corrected chi connectivity index (χ2v) is 17.9. The molecule has 5 fully saturated rings. The molecule has 0 bridgehead atoms. The SMILES string of the molecule is CC/C=C/[C@@H]1CC[C@]2(C[C@H]3CC[C@H]4[C@@H](C(=O)OCCCCCCCCCCCCCCCC(=O)N(CCCN)CCCCN)[C@@]5(CCC[C@H](C)O5)NC(N2)N34)O1. The van der Waals surface area contributed by atoms with Crippen LogP contribution in [0.1, 0.15) is 181 Å². The number of carbonyl (C=O) groups excluding carboxylic acids is 2. The van der Waals surface area contributed by atoms with E-state index >= 15 is 0 Å². The first kappa shape index (κ1) is 45.5. The van der Waals surface area contributed by atoms with Crippen LogP contribution in [0.5, 0.6) is 0 Å². The number of esters is 1. The van der Waals surface area contributed by atoms with E-state index in [1.54, 1.807) is 0 Å². The van der Waals surface area contributed by atoms with Gasteiger partial charge in [0.1, 0.15) is 23.7 Å². The van der Waals surface area contributed by atoms with E-state index in [9.17, 15) is 9.59 Å². The Morgan fingerprint density at radius 2 is 1.48 bits per heavy atom. The highest BCUT2D eigenvalue weighted by Gasteiger charge is 2.64. The second-order valence-electron chi connectivity index (χ2n) is 17.9. The van der Waals surface area contributed by atoms with Crippen molar-refractivity contribution in [2.24, 2.45) is 17.4 Å². The minimum atomic E-state index is -0.710. The van der Waals surface area contributed by atoms with Crippen molar-refractivity contribution >= 4 is 11.9 Å². The van der Waals surface area contributed by atoms with Gasteiger partial charge in [-0.05, 0) is 103 Å². The van der Waals surface area contributed by atoms with Gasteiger partial charge >= 0.3 is 5.97 Å². The van der Waals surface area contributed by atoms with Crippen LogP contribution >= 0.6 is 0 Å². The van der Waals surface area contributed by atoms with Crippen LogP contribution in [0.4, 0.5) is 0 Å². The minimum Gasteiger partial charge on any atom is -0.465 e. The molecule has 8 atom stereocenters. The summed E-state index contributed by atoms with van der Waals surface area (Å²) in [5.74, 6) is -0.117. The van der Waals surface area contributed by atoms with E-state index in [0.717, 1.165) is 116 Å². The van der Waals surface area contributed by atoms with Gasteiger partial charge in [0.25, 0.3) is 0 Å². The number of ether oxygens (including phenoxy) is 3. The summed E-state index contributed by atoms with van der Waals surface area (Å²) >= 11 is 0. The molecule has 0 aromatic heterocycles. The topological polar surface area (TPSA) is 144 Å². The number of nitrogens with zero attached hydrogens (tertiary/aromatic N) is 2. The predicted molar refractivity (Wildman–Crippen MR) is 224 cm³/mol. The lowest BCUT2D eigenvalue weighted by molar-refractivity contribution is -0.250. The fourth-order valence-corrected chi connectivity index (χ4v) is 10.5. The van der Waals surface area contributed by atoms with Gasteiger partial charge in [0, 0.05) is 38.0 Å². The van der Waals surface area contributed by atoms with E-state index in [1.165, 1.54) is 57.8 Å². The maximum Gasteiger partial charge on any atom is 0.314 e. The van der Waals surface area contributed by atoms with Crippen LogP contribution in [0.15, 0.2) is 12.2 Å². The number of hydrogen-bond donors (Lipinski definition) is 4. The Morgan fingerprint density at radius 1 is 0.804 bits per heavy atom.